The van der Waals surface area contributed by atoms with E-state index in [9.17, 15) is 19.2 Å². The van der Waals surface area contributed by atoms with Crippen molar-refractivity contribution in [3.8, 4) is 0 Å². The third-order valence-corrected chi connectivity index (χ3v) is 3.71. The number of urea groups is 1. The van der Waals surface area contributed by atoms with Crippen molar-refractivity contribution in [2.45, 2.75) is 27.3 Å². The Morgan fingerprint density at radius 3 is 2.54 bits per heavy atom. The monoisotopic (exact) mass is 391 g/mol. The molecule has 0 spiro atoms. The predicted molar refractivity (Wildman–Crippen MR) is 95.6 cm³/mol. The second-order valence-corrected chi connectivity index (χ2v) is 5.73. The van der Waals surface area contributed by atoms with E-state index in [0.29, 0.717) is 17.0 Å². The minimum atomic E-state index is -0.804. The van der Waals surface area contributed by atoms with Gasteiger partial charge in [0.2, 0.25) is 0 Å². The number of imide groups is 1. The Hall–Kier alpha value is -3.56. The van der Waals surface area contributed by atoms with E-state index in [4.69, 9.17) is 13.9 Å². The fourth-order valence-corrected chi connectivity index (χ4v) is 2.45. The molecule has 0 aliphatic heterocycles. The van der Waals surface area contributed by atoms with Crippen LogP contribution in [0.3, 0.4) is 0 Å². The molecule has 10 nitrogen and oxygen atoms in total. The van der Waals surface area contributed by atoms with Gasteiger partial charge in [0.1, 0.15) is 11.5 Å². The van der Waals surface area contributed by atoms with E-state index in [1.807, 2.05) is 5.32 Å². The highest BCUT2D eigenvalue weighted by molar-refractivity contribution is 6.00. The maximum atomic E-state index is 12.3. The SMILES string of the molecule is CCOC(=O)c1[nH]c(C)c(C(=O)OCC(=O)NC(=O)NCc2ccco2)c1C. The minimum Gasteiger partial charge on any atom is -0.467 e. The van der Waals surface area contributed by atoms with Crippen LogP contribution in [0, 0.1) is 13.8 Å². The lowest BCUT2D eigenvalue weighted by Crippen LogP contribution is -2.41. The summed E-state index contributed by atoms with van der Waals surface area (Å²) in [4.78, 5) is 50.3. The van der Waals surface area contributed by atoms with Crippen LogP contribution in [0.4, 0.5) is 4.79 Å². The summed E-state index contributed by atoms with van der Waals surface area (Å²) in [5.74, 6) is -1.67. The Balaban J connectivity index is 1.86. The highest BCUT2D eigenvalue weighted by Gasteiger charge is 2.24. The van der Waals surface area contributed by atoms with E-state index >= 15 is 0 Å². The number of rotatable bonds is 7. The summed E-state index contributed by atoms with van der Waals surface area (Å²) in [6, 6.07) is 2.57. The highest BCUT2D eigenvalue weighted by Crippen LogP contribution is 2.19. The van der Waals surface area contributed by atoms with Crippen LogP contribution in [-0.2, 0) is 20.8 Å². The van der Waals surface area contributed by atoms with Crippen LogP contribution in [0.1, 0.15) is 44.8 Å². The van der Waals surface area contributed by atoms with E-state index in [0.717, 1.165) is 0 Å². The molecule has 10 heteroatoms. The molecule has 3 N–H and O–H groups in total. The lowest BCUT2D eigenvalue weighted by atomic mass is 10.1. The normalized spacial score (nSPS) is 10.2. The lowest BCUT2D eigenvalue weighted by molar-refractivity contribution is -0.123. The first kappa shape index (κ1) is 20.7. The van der Waals surface area contributed by atoms with Crippen LogP contribution in [0.15, 0.2) is 22.8 Å². The number of carbonyl (C=O) groups excluding carboxylic acids is 4. The summed E-state index contributed by atoms with van der Waals surface area (Å²) in [5.41, 5.74) is 1.05. The predicted octanol–water partition coefficient (Wildman–Crippen LogP) is 1.58. The summed E-state index contributed by atoms with van der Waals surface area (Å²) in [5, 5.41) is 4.45. The smallest absolute Gasteiger partial charge is 0.355 e. The molecule has 2 heterocycles. The van der Waals surface area contributed by atoms with Crippen LogP contribution in [0.5, 0.6) is 0 Å². The molecule has 0 fully saturated rings. The van der Waals surface area contributed by atoms with E-state index in [2.05, 4.69) is 10.3 Å². The Bertz CT molecular complexity index is 868. The van der Waals surface area contributed by atoms with Gasteiger partial charge in [-0.15, -0.1) is 0 Å². The zero-order chi connectivity index (χ0) is 20.7. The number of hydrogen-bond donors (Lipinski definition) is 3. The largest absolute Gasteiger partial charge is 0.467 e. The summed E-state index contributed by atoms with van der Waals surface area (Å²) in [7, 11) is 0. The van der Waals surface area contributed by atoms with E-state index in [1.54, 1.807) is 32.9 Å². The number of hydrogen-bond acceptors (Lipinski definition) is 7. The zero-order valence-electron chi connectivity index (χ0n) is 15.7. The van der Waals surface area contributed by atoms with Crippen molar-refractivity contribution in [2.75, 3.05) is 13.2 Å². The van der Waals surface area contributed by atoms with Crippen molar-refractivity contribution in [1.82, 2.24) is 15.6 Å². The number of esters is 2. The first-order valence-electron chi connectivity index (χ1n) is 8.47. The second-order valence-electron chi connectivity index (χ2n) is 5.73. The van der Waals surface area contributed by atoms with Gasteiger partial charge in [0.05, 0.1) is 25.0 Å². The van der Waals surface area contributed by atoms with Gasteiger partial charge >= 0.3 is 18.0 Å². The molecule has 2 aromatic heterocycles. The van der Waals surface area contributed by atoms with Crippen molar-refractivity contribution in [2.24, 2.45) is 0 Å². The average Bonchev–Trinajstić information content (AvgIpc) is 3.26. The molecule has 28 heavy (non-hydrogen) atoms. The first-order valence-corrected chi connectivity index (χ1v) is 8.47. The topological polar surface area (TPSA) is 140 Å². The fourth-order valence-electron chi connectivity index (χ4n) is 2.45. The number of aromatic nitrogens is 1. The molecule has 0 radical (unpaired) electrons. The maximum Gasteiger partial charge on any atom is 0.355 e. The number of furan rings is 1. The molecule has 0 bridgehead atoms. The molecular formula is C18H21N3O7. The van der Waals surface area contributed by atoms with Crippen molar-refractivity contribution < 1.29 is 33.1 Å². The fraction of sp³-hybridized carbons (Fsp3) is 0.333. The Morgan fingerprint density at radius 2 is 1.89 bits per heavy atom. The van der Waals surface area contributed by atoms with Crippen molar-refractivity contribution >= 4 is 23.9 Å². The van der Waals surface area contributed by atoms with E-state index in [1.165, 1.54) is 6.26 Å². The molecule has 0 saturated carbocycles. The van der Waals surface area contributed by atoms with Gasteiger partial charge in [-0.2, -0.15) is 0 Å². The van der Waals surface area contributed by atoms with Crippen LogP contribution in [0.2, 0.25) is 0 Å². The molecule has 0 aliphatic carbocycles. The molecule has 2 aromatic rings. The van der Waals surface area contributed by atoms with Gasteiger partial charge in [0, 0.05) is 5.69 Å². The number of aromatic amines is 1. The molecule has 2 rings (SSSR count). The number of aryl methyl sites for hydroxylation is 1. The van der Waals surface area contributed by atoms with Crippen LogP contribution in [-0.4, -0.2) is 42.1 Å². The minimum absolute atomic E-state index is 0.101. The third-order valence-electron chi connectivity index (χ3n) is 3.71. The van der Waals surface area contributed by atoms with Gasteiger partial charge < -0.3 is 24.2 Å². The summed E-state index contributed by atoms with van der Waals surface area (Å²) >= 11 is 0. The lowest BCUT2D eigenvalue weighted by Gasteiger charge is -2.07. The number of ether oxygens (including phenoxy) is 2. The molecule has 0 aliphatic rings. The number of amides is 3. The molecule has 0 unspecified atom stereocenters. The second kappa shape index (κ2) is 9.40. The van der Waals surface area contributed by atoms with Gasteiger partial charge in [0.25, 0.3) is 5.91 Å². The standard InChI is InChI=1S/C18H21N3O7/c1-4-26-17(24)15-10(2)14(11(3)20-15)16(23)28-9-13(22)21-18(25)19-8-12-6-5-7-27-12/h5-7,20H,4,8-9H2,1-3H3,(H2,19,21,22,25). The quantitative estimate of drug-likeness (QED) is 0.609. The van der Waals surface area contributed by atoms with Gasteiger partial charge in [-0.05, 0) is 38.5 Å². The molecule has 150 valence electrons. The average molecular weight is 391 g/mol. The van der Waals surface area contributed by atoms with Gasteiger partial charge in [-0.25, -0.2) is 14.4 Å². The first-order chi connectivity index (χ1) is 13.3. The highest BCUT2D eigenvalue weighted by atomic mass is 16.5. The number of nitrogens with one attached hydrogen (secondary N) is 3. The third kappa shape index (κ3) is 5.22. The number of carbonyl (C=O) groups is 4. The van der Waals surface area contributed by atoms with E-state index < -0.39 is 30.5 Å². The van der Waals surface area contributed by atoms with E-state index in [-0.39, 0.29) is 24.4 Å². The summed E-state index contributed by atoms with van der Waals surface area (Å²) in [6.45, 7) is 4.46. The summed E-state index contributed by atoms with van der Waals surface area (Å²) in [6.07, 6.45) is 1.46. The van der Waals surface area contributed by atoms with Crippen LogP contribution >= 0.6 is 0 Å². The van der Waals surface area contributed by atoms with Gasteiger partial charge in [-0.1, -0.05) is 0 Å². The Labute approximate surface area is 160 Å². The van der Waals surface area contributed by atoms with Crippen molar-refractivity contribution in [3.05, 3.63) is 46.7 Å². The molecule has 0 aromatic carbocycles. The van der Waals surface area contributed by atoms with Crippen LogP contribution in [0.25, 0.3) is 0 Å². The summed E-state index contributed by atoms with van der Waals surface area (Å²) < 4.78 is 14.9. The molecule has 0 saturated heterocycles. The van der Waals surface area contributed by atoms with Gasteiger partial charge in [-0.3, -0.25) is 10.1 Å². The maximum absolute atomic E-state index is 12.3. The molecule has 0 atom stereocenters. The van der Waals surface area contributed by atoms with Crippen LogP contribution < -0.4 is 10.6 Å². The number of H-pyrrole nitrogens is 1. The Morgan fingerprint density at radius 1 is 1.14 bits per heavy atom. The van der Waals surface area contributed by atoms with Gasteiger partial charge in [0.15, 0.2) is 6.61 Å². The van der Waals surface area contributed by atoms with Crippen molar-refractivity contribution in [1.29, 1.82) is 0 Å². The molecule has 3 amide bonds. The van der Waals surface area contributed by atoms with Crippen molar-refractivity contribution in [3.63, 3.8) is 0 Å². The Kier molecular flexibility index (Phi) is 6.96. The zero-order valence-corrected chi connectivity index (χ0v) is 15.7. The molecular weight excluding hydrogens is 370 g/mol.